The van der Waals surface area contributed by atoms with Gasteiger partial charge in [0.2, 0.25) is 12.2 Å². The highest BCUT2D eigenvalue weighted by molar-refractivity contribution is 7.92. The quantitative estimate of drug-likeness (QED) is 0.123. The predicted molar refractivity (Wildman–Crippen MR) is 212 cm³/mol. The predicted octanol–water partition coefficient (Wildman–Crippen LogP) is 4.71. The topological polar surface area (TPSA) is 223 Å². The van der Waals surface area contributed by atoms with Crippen molar-refractivity contribution < 1.29 is 50.6 Å². The molecule has 17 nitrogen and oxygen atoms in total. The number of anilines is 2. The number of aromatic nitrogens is 3. The molecule has 0 unspecified atom stereocenters. The molecule has 1 aliphatic rings. The molecule has 2 heterocycles. The number of amides is 2. The molecule has 1 fully saturated rings. The summed E-state index contributed by atoms with van der Waals surface area (Å²) in [5, 5.41) is 4.91. The summed E-state index contributed by atoms with van der Waals surface area (Å²) < 4.78 is 76.6. The number of hydrogen-bond acceptors (Lipinski definition) is 12. The number of rotatable bonds is 13. The third-order valence-electron chi connectivity index (χ3n) is 9.23. The highest BCUT2D eigenvalue weighted by Crippen LogP contribution is 2.25. The number of carbonyl (C=O) groups is 4. The fourth-order valence-electron chi connectivity index (χ4n) is 5.90. The summed E-state index contributed by atoms with van der Waals surface area (Å²) in [5.41, 5.74) is -3.28. The van der Waals surface area contributed by atoms with E-state index >= 15 is 8.78 Å². The molecular weight excluding hydrogens is 811 g/mol. The molecule has 0 radical (unpaired) electrons. The average molecular weight is 855 g/mol. The Morgan fingerprint density at radius 3 is 2.25 bits per heavy atom. The fraction of sp³-hybridized carbons (Fsp3) is 0.375. The minimum Gasteiger partial charge on any atom is -0.431 e. The van der Waals surface area contributed by atoms with E-state index in [1.165, 1.54) is 50.6 Å². The van der Waals surface area contributed by atoms with Crippen LogP contribution in [0.15, 0.2) is 81.5 Å². The van der Waals surface area contributed by atoms with Gasteiger partial charge in [0.1, 0.15) is 29.6 Å². The first kappa shape index (κ1) is 44.7. The van der Waals surface area contributed by atoms with Gasteiger partial charge >= 0.3 is 17.8 Å². The fourth-order valence-corrected chi connectivity index (χ4v) is 6.96. The van der Waals surface area contributed by atoms with Gasteiger partial charge in [-0.25, -0.2) is 41.1 Å². The molecule has 4 aromatic rings. The molecule has 1 saturated carbocycles. The molecule has 0 saturated heterocycles. The lowest BCUT2D eigenvalue weighted by Gasteiger charge is -2.23. The van der Waals surface area contributed by atoms with Gasteiger partial charge in [0.25, 0.3) is 21.5 Å². The van der Waals surface area contributed by atoms with E-state index in [4.69, 9.17) is 14.2 Å². The average Bonchev–Trinajstić information content (AvgIpc) is 3.18. The van der Waals surface area contributed by atoms with Gasteiger partial charge in [0.15, 0.2) is 0 Å². The molecule has 2 aromatic heterocycles. The third kappa shape index (κ3) is 11.4. The van der Waals surface area contributed by atoms with Gasteiger partial charge in [-0.3, -0.25) is 19.1 Å². The lowest BCUT2D eigenvalue weighted by atomic mass is 9.95. The zero-order chi connectivity index (χ0) is 43.9. The number of esters is 1. The molecule has 1 aliphatic carbocycles. The summed E-state index contributed by atoms with van der Waals surface area (Å²) in [7, 11) is -3.06. The van der Waals surface area contributed by atoms with Gasteiger partial charge < -0.3 is 29.4 Å². The van der Waals surface area contributed by atoms with Crippen molar-refractivity contribution in [3.8, 4) is 5.82 Å². The van der Waals surface area contributed by atoms with Crippen molar-refractivity contribution in [1.82, 2.24) is 19.4 Å². The summed E-state index contributed by atoms with van der Waals surface area (Å²) in [6.07, 6.45) is 3.19. The Hall–Kier alpha value is -6.44. The molecule has 20 heteroatoms. The van der Waals surface area contributed by atoms with Crippen molar-refractivity contribution in [3.63, 3.8) is 0 Å². The van der Waals surface area contributed by atoms with E-state index in [0.717, 1.165) is 46.6 Å². The number of aryl methyl sites for hydroxylation is 1. The number of pyridine rings is 1. The summed E-state index contributed by atoms with van der Waals surface area (Å²) in [5.74, 6) is -5.58. The Morgan fingerprint density at radius 2 is 1.62 bits per heavy atom. The minimum absolute atomic E-state index is 0.0542. The molecule has 3 N–H and O–H groups in total. The van der Waals surface area contributed by atoms with E-state index in [-0.39, 0.29) is 34.7 Å². The number of ether oxygens (including phenoxy) is 3. The van der Waals surface area contributed by atoms with Crippen LogP contribution in [0.25, 0.3) is 5.82 Å². The van der Waals surface area contributed by atoms with E-state index < -0.39 is 79.9 Å². The van der Waals surface area contributed by atoms with E-state index in [1.54, 1.807) is 20.8 Å². The van der Waals surface area contributed by atoms with Crippen molar-refractivity contribution in [3.05, 3.63) is 111 Å². The number of hydrogen-bond donors (Lipinski definition) is 3. The van der Waals surface area contributed by atoms with Crippen molar-refractivity contribution in [1.29, 1.82) is 0 Å². The molecule has 2 atom stereocenters. The number of sulfonamides is 1. The van der Waals surface area contributed by atoms with Crippen LogP contribution in [-0.2, 0) is 47.3 Å². The second kappa shape index (κ2) is 18.6. The standard InChI is InChI=1S/C40H44F2N6O11S/c1-23(58-39(54)59-26-9-7-6-8-10-26)57-36(51)32(19-24-11-16-33(43-22-24)48-34(49)17-18-47(5)38(48)53)45-35(50)28-20-30(42)31(21-29(28)41)46-60(55,56)27-14-12-25(13-15-27)44-37(52)40(2,3)4/h11-18,20-23,26,32,46H,6-10,19H2,1-5H3,(H,44,52)(H,45,50)/t23-,32-/m0/s1. The SMILES string of the molecule is C[C@H](OC(=O)OC1CCCCC1)OC(=O)[C@H](Cc1ccc(-n2c(=O)ccn(C)c2=O)nc1)NC(=O)c1cc(F)c(NS(=O)(=O)c2ccc(NC(=O)C(C)(C)C)cc2)cc1F. The van der Waals surface area contributed by atoms with Gasteiger partial charge in [-0.2, -0.15) is 0 Å². The van der Waals surface area contributed by atoms with Gasteiger partial charge in [-0.05, 0) is 67.6 Å². The van der Waals surface area contributed by atoms with Crippen LogP contribution in [0.2, 0.25) is 0 Å². The van der Waals surface area contributed by atoms with E-state index in [2.05, 4.69) is 15.6 Å². The van der Waals surface area contributed by atoms with Crippen LogP contribution in [0.1, 0.15) is 75.7 Å². The number of carbonyl (C=O) groups excluding carboxylic acids is 4. The van der Waals surface area contributed by atoms with Crippen LogP contribution in [0, 0.1) is 17.0 Å². The summed E-state index contributed by atoms with van der Waals surface area (Å²) in [6, 6.07) is 8.00. The maximum absolute atomic E-state index is 15.5. The smallest absolute Gasteiger partial charge is 0.431 e. The van der Waals surface area contributed by atoms with E-state index in [9.17, 15) is 37.2 Å². The van der Waals surface area contributed by atoms with Crippen molar-refractivity contribution in [2.45, 2.75) is 89.6 Å². The molecule has 5 rings (SSSR count). The molecule has 2 amide bonds. The Balaban J connectivity index is 1.33. The Bertz CT molecular complexity index is 2480. The zero-order valence-corrected chi connectivity index (χ0v) is 34.1. The molecule has 0 bridgehead atoms. The van der Waals surface area contributed by atoms with Gasteiger partial charge in [-0.15, -0.1) is 0 Å². The highest BCUT2D eigenvalue weighted by atomic mass is 32.2. The van der Waals surface area contributed by atoms with Gasteiger partial charge in [-0.1, -0.05) is 33.3 Å². The monoisotopic (exact) mass is 854 g/mol. The molecule has 320 valence electrons. The van der Waals surface area contributed by atoms with Crippen molar-refractivity contribution in [2.24, 2.45) is 12.5 Å². The van der Waals surface area contributed by atoms with Crippen molar-refractivity contribution in [2.75, 3.05) is 10.0 Å². The maximum atomic E-state index is 15.5. The summed E-state index contributed by atoms with van der Waals surface area (Å²) in [4.78, 5) is 80.4. The molecule has 2 aromatic carbocycles. The number of halogens is 2. The molecular formula is C40H44F2N6O11S. The second-order valence-corrected chi connectivity index (χ2v) is 16.7. The number of benzene rings is 2. The Morgan fingerprint density at radius 1 is 0.933 bits per heavy atom. The van der Waals surface area contributed by atoms with Crippen LogP contribution in [0.5, 0.6) is 0 Å². The first-order valence-corrected chi connectivity index (χ1v) is 20.3. The molecule has 0 aliphatic heterocycles. The summed E-state index contributed by atoms with van der Waals surface area (Å²) >= 11 is 0. The van der Waals surface area contributed by atoms with Crippen LogP contribution in [0.4, 0.5) is 25.0 Å². The van der Waals surface area contributed by atoms with Crippen LogP contribution < -0.4 is 26.6 Å². The Kier molecular flexibility index (Phi) is 13.9. The van der Waals surface area contributed by atoms with E-state index in [1.807, 2.05) is 4.72 Å². The Labute approximate surface area is 343 Å². The first-order valence-electron chi connectivity index (χ1n) is 18.8. The van der Waals surface area contributed by atoms with E-state index in [0.29, 0.717) is 30.7 Å². The molecule has 0 spiro atoms. The van der Waals surface area contributed by atoms with Crippen molar-refractivity contribution >= 4 is 45.3 Å². The second-order valence-electron chi connectivity index (χ2n) is 15.0. The lowest BCUT2D eigenvalue weighted by molar-refractivity contribution is -0.171. The summed E-state index contributed by atoms with van der Waals surface area (Å²) in [6.45, 7) is 6.30. The minimum atomic E-state index is -4.50. The van der Waals surface area contributed by atoms with Gasteiger partial charge in [0.05, 0.1) is 16.1 Å². The maximum Gasteiger partial charge on any atom is 0.511 e. The zero-order valence-electron chi connectivity index (χ0n) is 33.3. The van der Waals surface area contributed by atoms with Gasteiger partial charge in [0, 0.05) is 56.0 Å². The first-order chi connectivity index (χ1) is 28.2. The highest BCUT2D eigenvalue weighted by Gasteiger charge is 2.30. The lowest BCUT2D eigenvalue weighted by Crippen LogP contribution is -2.45. The van der Waals surface area contributed by atoms with Crippen LogP contribution in [0.3, 0.4) is 0 Å². The largest absolute Gasteiger partial charge is 0.511 e. The normalized spacial score (nSPS) is 14.3. The van der Waals surface area contributed by atoms with Crippen LogP contribution >= 0.6 is 0 Å². The number of nitrogens with one attached hydrogen (secondary N) is 3. The molecule has 60 heavy (non-hydrogen) atoms. The third-order valence-corrected chi connectivity index (χ3v) is 10.6. The number of nitrogens with zero attached hydrogens (tertiary/aromatic N) is 3. The van der Waals surface area contributed by atoms with Crippen LogP contribution in [-0.4, -0.2) is 64.9 Å².